The van der Waals surface area contributed by atoms with Gasteiger partial charge >= 0.3 is 21.7 Å². The molecule has 2 aliphatic carbocycles. The van der Waals surface area contributed by atoms with Crippen molar-refractivity contribution in [2.75, 3.05) is 0 Å². The standard InChI is InChI=1S/C10H16.Ti/c1-7-4-5-8-9(6-7)10(8,2)3;/h6-8H,4-5H2,1-3H3;/q;+2. The van der Waals surface area contributed by atoms with Gasteiger partial charge in [0.25, 0.3) is 0 Å². The summed E-state index contributed by atoms with van der Waals surface area (Å²) in [5.74, 6) is 1.82. The minimum absolute atomic E-state index is 0. The Hall–Kier alpha value is 0.454. The first-order valence-corrected chi connectivity index (χ1v) is 4.34. The number of hydrogen-bond acceptors (Lipinski definition) is 0. The van der Waals surface area contributed by atoms with Gasteiger partial charge in [0.05, 0.1) is 0 Å². The van der Waals surface area contributed by atoms with Gasteiger partial charge < -0.3 is 0 Å². The van der Waals surface area contributed by atoms with Crippen LogP contribution in [0.4, 0.5) is 0 Å². The van der Waals surface area contributed by atoms with Crippen LogP contribution in [0.25, 0.3) is 0 Å². The van der Waals surface area contributed by atoms with E-state index in [9.17, 15) is 0 Å². The van der Waals surface area contributed by atoms with E-state index in [1.807, 2.05) is 0 Å². The van der Waals surface area contributed by atoms with Crippen LogP contribution in [0.3, 0.4) is 0 Å². The Morgan fingerprint density at radius 3 is 2.45 bits per heavy atom. The van der Waals surface area contributed by atoms with Crippen LogP contribution in [0.5, 0.6) is 0 Å². The van der Waals surface area contributed by atoms with E-state index in [-0.39, 0.29) is 21.7 Å². The predicted octanol–water partition coefficient (Wildman–Crippen LogP) is 3.00. The maximum absolute atomic E-state index is 2.49. The molecule has 0 saturated heterocycles. The summed E-state index contributed by atoms with van der Waals surface area (Å²) in [4.78, 5) is 0. The monoisotopic (exact) mass is 184 g/mol. The van der Waals surface area contributed by atoms with Crippen molar-refractivity contribution < 1.29 is 21.7 Å². The van der Waals surface area contributed by atoms with Crippen LogP contribution in [0.15, 0.2) is 11.6 Å². The van der Waals surface area contributed by atoms with Gasteiger partial charge in [-0.2, -0.15) is 0 Å². The van der Waals surface area contributed by atoms with Gasteiger partial charge in [-0.05, 0) is 30.1 Å². The molecular formula is C10H16Ti+2. The van der Waals surface area contributed by atoms with E-state index in [2.05, 4.69) is 26.8 Å². The molecule has 0 nitrogen and oxygen atoms in total. The van der Waals surface area contributed by atoms with Crippen molar-refractivity contribution >= 4 is 0 Å². The van der Waals surface area contributed by atoms with E-state index < -0.39 is 0 Å². The van der Waals surface area contributed by atoms with Crippen molar-refractivity contribution in [3.8, 4) is 0 Å². The Morgan fingerprint density at radius 1 is 1.36 bits per heavy atom. The molecule has 1 saturated carbocycles. The third-order valence-corrected chi connectivity index (χ3v) is 3.28. The van der Waals surface area contributed by atoms with E-state index in [1.165, 1.54) is 12.8 Å². The topological polar surface area (TPSA) is 0 Å². The third kappa shape index (κ3) is 1.36. The molecule has 2 unspecified atom stereocenters. The molecule has 11 heavy (non-hydrogen) atoms. The number of hydrogen-bond donors (Lipinski definition) is 0. The summed E-state index contributed by atoms with van der Waals surface area (Å²) in [5, 5.41) is 0. The fourth-order valence-electron chi connectivity index (χ4n) is 2.34. The van der Waals surface area contributed by atoms with Gasteiger partial charge in [-0.1, -0.05) is 32.4 Å². The Balaban J connectivity index is 0.000000605. The molecular weight excluding hydrogens is 168 g/mol. The van der Waals surface area contributed by atoms with Gasteiger partial charge in [0.15, 0.2) is 0 Å². The van der Waals surface area contributed by atoms with E-state index in [1.54, 1.807) is 5.57 Å². The molecule has 2 aliphatic rings. The fraction of sp³-hybridized carbons (Fsp3) is 0.800. The largest absolute Gasteiger partial charge is 2.00 e. The summed E-state index contributed by atoms with van der Waals surface area (Å²) in [6.45, 7) is 7.08. The quantitative estimate of drug-likeness (QED) is 0.401. The first-order valence-electron chi connectivity index (χ1n) is 4.34. The molecule has 0 amide bonds. The summed E-state index contributed by atoms with van der Waals surface area (Å²) in [6, 6.07) is 0. The van der Waals surface area contributed by atoms with Crippen molar-refractivity contribution in [3.63, 3.8) is 0 Å². The van der Waals surface area contributed by atoms with Crippen LogP contribution < -0.4 is 0 Å². The second-order valence-corrected chi connectivity index (χ2v) is 4.45. The van der Waals surface area contributed by atoms with Gasteiger partial charge in [-0.25, -0.2) is 0 Å². The Morgan fingerprint density at radius 2 is 2.00 bits per heavy atom. The predicted molar refractivity (Wildman–Crippen MR) is 43.8 cm³/mol. The maximum Gasteiger partial charge on any atom is 2.00 e. The summed E-state index contributed by atoms with van der Waals surface area (Å²) < 4.78 is 0. The van der Waals surface area contributed by atoms with Crippen molar-refractivity contribution in [3.05, 3.63) is 11.6 Å². The molecule has 0 radical (unpaired) electrons. The van der Waals surface area contributed by atoms with E-state index >= 15 is 0 Å². The normalized spacial score (nSPS) is 38.3. The van der Waals surface area contributed by atoms with Gasteiger partial charge in [0.1, 0.15) is 0 Å². The number of rotatable bonds is 0. The van der Waals surface area contributed by atoms with Crippen LogP contribution in [-0.2, 0) is 21.7 Å². The second kappa shape index (κ2) is 2.74. The summed E-state index contributed by atoms with van der Waals surface area (Å²) in [6.07, 6.45) is 5.35. The zero-order valence-electron chi connectivity index (χ0n) is 7.65. The van der Waals surface area contributed by atoms with Crippen LogP contribution in [0.1, 0.15) is 33.6 Å². The maximum atomic E-state index is 2.49. The molecule has 0 N–H and O–H groups in total. The molecule has 0 heterocycles. The molecule has 0 aromatic carbocycles. The first-order chi connectivity index (χ1) is 4.62. The van der Waals surface area contributed by atoms with Crippen molar-refractivity contribution in [1.82, 2.24) is 0 Å². The average molecular weight is 184 g/mol. The zero-order chi connectivity index (χ0) is 7.35. The van der Waals surface area contributed by atoms with Gasteiger partial charge in [0, 0.05) is 0 Å². The van der Waals surface area contributed by atoms with E-state index in [4.69, 9.17) is 0 Å². The molecule has 1 heteroatoms. The zero-order valence-corrected chi connectivity index (χ0v) is 9.21. The van der Waals surface area contributed by atoms with Gasteiger partial charge in [-0.15, -0.1) is 0 Å². The van der Waals surface area contributed by atoms with E-state index in [0.29, 0.717) is 5.41 Å². The molecule has 58 valence electrons. The Bertz CT molecular complexity index is 191. The molecule has 0 aliphatic heterocycles. The molecule has 0 aromatic rings. The number of fused-ring (bicyclic) bond motifs is 1. The average Bonchev–Trinajstić information content (AvgIpc) is 2.36. The van der Waals surface area contributed by atoms with Crippen molar-refractivity contribution in [2.24, 2.45) is 17.3 Å². The Labute approximate surface area is 84.3 Å². The minimum Gasteiger partial charge on any atom is -0.0816 e. The van der Waals surface area contributed by atoms with Gasteiger partial charge in [-0.3, -0.25) is 0 Å². The molecule has 2 atom stereocenters. The second-order valence-electron chi connectivity index (χ2n) is 4.45. The SMILES string of the molecule is CC1C=C2C(CC1)C2(C)C.[Ti+2]. The van der Waals surface area contributed by atoms with Crippen LogP contribution in [0.2, 0.25) is 0 Å². The van der Waals surface area contributed by atoms with Crippen molar-refractivity contribution in [2.45, 2.75) is 33.6 Å². The van der Waals surface area contributed by atoms with Crippen molar-refractivity contribution in [1.29, 1.82) is 0 Å². The van der Waals surface area contributed by atoms with E-state index in [0.717, 1.165) is 11.8 Å². The third-order valence-electron chi connectivity index (χ3n) is 3.28. The van der Waals surface area contributed by atoms with Crippen LogP contribution >= 0.6 is 0 Å². The molecule has 2 rings (SSSR count). The molecule has 1 fully saturated rings. The molecule has 0 spiro atoms. The fourth-order valence-corrected chi connectivity index (χ4v) is 2.34. The minimum atomic E-state index is 0. The van der Waals surface area contributed by atoms with Crippen LogP contribution in [0, 0.1) is 17.3 Å². The smallest absolute Gasteiger partial charge is 0.0816 e. The van der Waals surface area contributed by atoms with Gasteiger partial charge in [0.2, 0.25) is 0 Å². The summed E-state index contributed by atoms with van der Waals surface area (Å²) in [5.41, 5.74) is 2.33. The Kier molecular flexibility index (Phi) is 2.38. The summed E-state index contributed by atoms with van der Waals surface area (Å²) in [7, 11) is 0. The summed E-state index contributed by atoms with van der Waals surface area (Å²) >= 11 is 0. The molecule has 0 bridgehead atoms. The first kappa shape index (κ1) is 9.54. The number of allylic oxidation sites excluding steroid dienone is 2. The molecule has 0 aromatic heterocycles. The van der Waals surface area contributed by atoms with Crippen LogP contribution in [-0.4, -0.2) is 0 Å².